The molecule has 0 bridgehead atoms. The van der Waals surface area contributed by atoms with Gasteiger partial charge in [0.15, 0.2) is 0 Å². The molecule has 1 atom stereocenters. The van der Waals surface area contributed by atoms with Gasteiger partial charge in [-0.25, -0.2) is 8.42 Å². The molecule has 100 valence electrons. The highest BCUT2D eigenvalue weighted by atomic mass is 35.5. The minimum atomic E-state index is -3.30. The third-order valence-corrected chi connectivity index (χ3v) is 2.86. The molecule has 2 N–H and O–H groups in total. The monoisotopic (exact) mass is 290 g/mol. The Morgan fingerprint density at radius 3 is 2.67 bits per heavy atom. The summed E-state index contributed by atoms with van der Waals surface area (Å²) in [6.07, 6.45) is 1.08. The molecule has 0 aliphatic heterocycles. The fraction of sp³-hybridized carbons (Fsp3) is 0.364. The van der Waals surface area contributed by atoms with E-state index in [1.807, 2.05) is 0 Å². The van der Waals surface area contributed by atoms with Crippen LogP contribution >= 0.6 is 11.6 Å². The summed E-state index contributed by atoms with van der Waals surface area (Å²) < 4.78 is 24.5. The zero-order chi connectivity index (χ0) is 13.8. The molecule has 0 heterocycles. The summed E-state index contributed by atoms with van der Waals surface area (Å²) in [5.74, 6) is -0.266. The van der Waals surface area contributed by atoms with E-state index in [9.17, 15) is 13.2 Å². The zero-order valence-electron chi connectivity index (χ0n) is 10.1. The number of nitrogens with one attached hydrogen (secondary N) is 2. The Morgan fingerprint density at radius 1 is 1.44 bits per heavy atom. The Labute approximate surface area is 112 Å². The first-order chi connectivity index (χ1) is 8.28. The maximum absolute atomic E-state index is 11.3. The fourth-order valence-electron chi connectivity index (χ4n) is 1.29. The molecule has 0 aromatic heterocycles. The molecular formula is C11H15ClN2O3S. The van der Waals surface area contributed by atoms with Crippen LogP contribution in [0.25, 0.3) is 0 Å². The Kier molecular flexibility index (Phi) is 4.98. The highest BCUT2D eigenvalue weighted by Gasteiger charge is 2.08. The zero-order valence-corrected chi connectivity index (χ0v) is 11.7. The van der Waals surface area contributed by atoms with Crippen molar-refractivity contribution in [3.05, 3.63) is 29.8 Å². The molecule has 0 saturated heterocycles. The third-order valence-electron chi connectivity index (χ3n) is 2.06. The lowest BCUT2D eigenvalue weighted by Gasteiger charge is -2.09. The summed E-state index contributed by atoms with van der Waals surface area (Å²) in [5, 5.41) is 2.05. The first-order valence-corrected chi connectivity index (χ1v) is 7.59. The molecule has 0 aliphatic rings. The van der Waals surface area contributed by atoms with E-state index in [-0.39, 0.29) is 5.91 Å². The number of carbonyl (C=O) groups is 1. The molecule has 0 aliphatic carbocycles. The van der Waals surface area contributed by atoms with Gasteiger partial charge in [-0.3, -0.25) is 9.52 Å². The topological polar surface area (TPSA) is 75.3 Å². The summed E-state index contributed by atoms with van der Waals surface area (Å²) in [5.41, 5.74) is 1.25. The summed E-state index contributed by atoms with van der Waals surface area (Å²) >= 11 is 5.61. The summed E-state index contributed by atoms with van der Waals surface area (Å²) in [7, 11) is -3.30. The van der Waals surface area contributed by atoms with Gasteiger partial charge in [-0.2, -0.15) is 0 Å². The van der Waals surface area contributed by atoms with Crippen molar-refractivity contribution in [1.29, 1.82) is 0 Å². The minimum absolute atomic E-state index is 0.266. The van der Waals surface area contributed by atoms with Crippen molar-refractivity contribution >= 4 is 33.2 Å². The first kappa shape index (κ1) is 14.8. The fourth-order valence-corrected chi connectivity index (χ4v) is 1.92. The average Bonchev–Trinajstić information content (AvgIpc) is 2.23. The second kappa shape index (κ2) is 6.06. The van der Waals surface area contributed by atoms with Crippen LogP contribution in [-0.4, -0.2) is 26.0 Å². The highest BCUT2D eigenvalue weighted by Crippen LogP contribution is 2.11. The van der Waals surface area contributed by atoms with Crippen LogP contribution in [0.4, 0.5) is 5.69 Å². The molecule has 1 rings (SSSR count). The second-order valence-electron chi connectivity index (χ2n) is 3.91. The molecule has 0 saturated carbocycles. The van der Waals surface area contributed by atoms with E-state index in [0.717, 1.165) is 11.8 Å². The second-order valence-corrected chi connectivity index (χ2v) is 6.31. The lowest BCUT2D eigenvalue weighted by Crippen LogP contribution is -2.29. The number of alkyl halides is 1. The quantitative estimate of drug-likeness (QED) is 0.803. The van der Waals surface area contributed by atoms with Gasteiger partial charge >= 0.3 is 0 Å². The van der Waals surface area contributed by atoms with E-state index < -0.39 is 15.4 Å². The summed E-state index contributed by atoms with van der Waals surface area (Å²) in [6.45, 7) is 1.88. The smallest absolute Gasteiger partial charge is 0.238 e. The van der Waals surface area contributed by atoms with Gasteiger partial charge in [0.05, 0.1) is 6.26 Å². The van der Waals surface area contributed by atoms with Crippen LogP contribution in [0, 0.1) is 0 Å². The largest absolute Gasteiger partial charge is 0.351 e. The number of halogens is 1. The van der Waals surface area contributed by atoms with E-state index in [1.165, 1.54) is 0 Å². The van der Waals surface area contributed by atoms with Gasteiger partial charge in [0.25, 0.3) is 0 Å². The summed E-state index contributed by atoms with van der Waals surface area (Å²) in [4.78, 5) is 11.3. The highest BCUT2D eigenvalue weighted by molar-refractivity contribution is 7.92. The van der Waals surface area contributed by atoms with Crippen molar-refractivity contribution in [3.63, 3.8) is 0 Å². The van der Waals surface area contributed by atoms with Crippen molar-refractivity contribution in [1.82, 2.24) is 5.32 Å². The number of sulfonamides is 1. The predicted octanol–water partition coefficient (Wildman–Crippen LogP) is 1.30. The molecule has 1 aromatic carbocycles. The van der Waals surface area contributed by atoms with E-state index in [2.05, 4.69) is 10.0 Å². The number of amides is 1. The number of hydrogen-bond donors (Lipinski definition) is 2. The SMILES string of the molecule is CC(Cl)C(=O)NCc1cccc(NS(C)(=O)=O)c1. The molecule has 18 heavy (non-hydrogen) atoms. The van der Waals surface area contributed by atoms with Crippen molar-refractivity contribution in [2.45, 2.75) is 18.8 Å². The van der Waals surface area contributed by atoms with Gasteiger partial charge in [-0.05, 0) is 24.6 Å². The standard InChI is InChI=1S/C11H15ClN2O3S/c1-8(12)11(15)13-7-9-4-3-5-10(6-9)14-18(2,16)17/h3-6,8,14H,7H2,1-2H3,(H,13,15). The van der Waals surface area contributed by atoms with E-state index >= 15 is 0 Å². The number of rotatable bonds is 5. The van der Waals surface area contributed by atoms with Crippen molar-refractivity contribution in [2.24, 2.45) is 0 Å². The van der Waals surface area contributed by atoms with Crippen LogP contribution in [0.2, 0.25) is 0 Å². The predicted molar refractivity (Wildman–Crippen MR) is 72.1 cm³/mol. The van der Waals surface area contributed by atoms with Crippen LogP contribution in [0.3, 0.4) is 0 Å². The molecule has 0 spiro atoms. The van der Waals surface area contributed by atoms with Crippen LogP contribution in [0.15, 0.2) is 24.3 Å². The lowest BCUT2D eigenvalue weighted by atomic mass is 10.2. The minimum Gasteiger partial charge on any atom is -0.351 e. The molecule has 0 radical (unpaired) electrons. The Bertz CT molecular complexity index is 529. The van der Waals surface area contributed by atoms with Gasteiger partial charge < -0.3 is 5.32 Å². The van der Waals surface area contributed by atoms with Crippen molar-refractivity contribution in [2.75, 3.05) is 11.0 Å². The number of benzene rings is 1. The van der Waals surface area contributed by atoms with Crippen LogP contribution in [0.5, 0.6) is 0 Å². The molecule has 1 aromatic rings. The van der Waals surface area contributed by atoms with Crippen LogP contribution < -0.4 is 10.0 Å². The number of carbonyl (C=O) groups excluding carboxylic acids is 1. The van der Waals surface area contributed by atoms with Gasteiger partial charge in [0.1, 0.15) is 5.38 Å². The molecule has 0 fully saturated rings. The van der Waals surface area contributed by atoms with Crippen LogP contribution in [-0.2, 0) is 21.4 Å². The first-order valence-electron chi connectivity index (χ1n) is 5.26. The molecule has 1 amide bonds. The molecule has 1 unspecified atom stereocenters. The molecule has 5 nitrogen and oxygen atoms in total. The van der Waals surface area contributed by atoms with Gasteiger partial charge in [0, 0.05) is 12.2 Å². The van der Waals surface area contributed by atoms with Crippen molar-refractivity contribution in [3.8, 4) is 0 Å². The van der Waals surface area contributed by atoms with Gasteiger partial charge in [-0.1, -0.05) is 12.1 Å². The van der Waals surface area contributed by atoms with E-state index in [0.29, 0.717) is 12.2 Å². The third kappa shape index (κ3) is 5.37. The van der Waals surface area contributed by atoms with Gasteiger partial charge in [0.2, 0.25) is 15.9 Å². The average molecular weight is 291 g/mol. The van der Waals surface area contributed by atoms with Crippen LogP contribution in [0.1, 0.15) is 12.5 Å². The number of anilines is 1. The maximum Gasteiger partial charge on any atom is 0.238 e. The Balaban J connectivity index is 2.68. The number of hydrogen-bond acceptors (Lipinski definition) is 3. The normalized spacial score (nSPS) is 12.8. The van der Waals surface area contributed by atoms with Crippen molar-refractivity contribution < 1.29 is 13.2 Å². The summed E-state index contributed by atoms with van der Waals surface area (Å²) in [6, 6.07) is 6.78. The Morgan fingerprint density at radius 2 is 2.11 bits per heavy atom. The van der Waals surface area contributed by atoms with Gasteiger partial charge in [-0.15, -0.1) is 11.6 Å². The molecular weight excluding hydrogens is 276 g/mol. The van der Waals surface area contributed by atoms with E-state index in [4.69, 9.17) is 11.6 Å². The Hall–Kier alpha value is -1.27. The lowest BCUT2D eigenvalue weighted by molar-refractivity contribution is -0.120. The maximum atomic E-state index is 11.3. The van der Waals surface area contributed by atoms with E-state index in [1.54, 1.807) is 31.2 Å². The molecule has 7 heteroatoms.